The number of rotatable bonds is 8. The van der Waals surface area contributed by atoms with Crippen LogP contribution in [0.15, 0.2) is 58.5 Å². The summed E-state index contributed by atoms with van der Waals surface area (Å²) in [5, 5.41) is 5.70. The first-order valence-electron chi connectivity index (χ1n) is 15.6. The number of ether oxygens (including phenoxy) is 4. The number of nitrogens with two attached hydrogens (primary N) is 2. The molecule has 48 heavy (non-hydrogen) atoms. The molecular weight excluding hydrogens is 624 g/mol. The highest BCUT2D eigenvalue weighted by Gasteiger charge is 2.35. The largest absolute Gasteiger partial charge is 0.442 e. The molecule has 0 fully saturated rings. The Bertz CT molecular complexity index is 1370. The summed E-state index contributed by atoms with van der Waals surface area (Å²) in [4.78, 5) is 66.5. The van der Waals surface area contributed by atoms with Crippen LogP contribution < -0.4 is 27.6 Å². The third-order valence-corrected chi connectivity index (χ3v) is 7.98. The van der Waals surface area contributed by atoms with E-state index in [-0.39, 0.29) is 41.3 Å². The highest BCUT2D eigenvalue weighted by molar-refractivity contribution is 6.23. The maximum atomic E-state index is 13.8. The number of primary amides is 1. The maximum Gasteiger partial charge on any atom is 0.421 e. The van der Waals surface area contributed by atoms with Gasteiger partial charge in [-0.1, -0.05) is 38.2 Å². The lowest BCUT2D eigenvalue weighted by Gasteiger charge is -2.32. The molecule has 6 atom stereocenters. The first-order chi connectivity index (χ1) is 22.6. The van der Waals surface area contributed by atoms with Gasteiger partial charge < -0.3 is 40.2 Å². The number of amides is 3. The lowest BCUT2D eigenvalue weighted by Crippen LogP contribution is -2.43. The Morgan fingerprint density at radius 1 is 1.08 bits per heavy atom. The maximum absolute atomic E-state index is 13.8. The molecule has 0 unspecified atom stereocenters. The number of nitrogens with zero attached hydrogens (tertiary/aromatic N) is 1. The van der Waals surface area contributed by atoms with Crippen molar-refractivity contribution in [2.24, 2.45) is 23.4 Å². The molecule has 0 radical (unpaired) electrons. The minimum absolute atomic E-state index is 0.141. The predicted octanol–water partition coefficient (Wildman–Crippen LogP) is 1.52. The van der Waals surface area contributed by atoms with E-state index in [0.29, 0.717) is 18.7 Å². The monoisotopic (exact) mass is 674 g/mol. The SMILES string of the molecule is CO[C@H]1/C=C\C=C(/C)C(=O)NC2=CC(=O)C(NCCN(C)C)=C(C[C@@H](C)C[C@H](OC)[C@H](OC(=O)NN)[C@@H](C)/C=C(\C)[C@@H]1OC(N)=O)C2=O. The fourth-order valence-electron chi connectivity index (χ4n) is 5.51. The molecule has 0 saturated carbocycles. The molecule has 0 aromatic rings. The normalized spacial score (nSPS) is 29.1. The molecule has 2 aliphatic rings. The first-order valence-corrected chi connectivity index (χ1v) is 15.6. The number of fused-ring (bicyclic) bond motifs is 2. The second kappa shape index (κ2) is 18.9. The molecule has 1 aliphatic carbocycles. The van der Waals surface area contributed by atoms with E-state index in [2.05, 4.69) is 10.6 Å². The van der Waals surface area contributed by atoms with Gasteiger partial charge in [-0.15, -0.1) is 0 Å². The van der Waals surface area contributed by atoms with Crippen molar-refractivity contribution in [1.82, 2.24) is 21.0 Å². The number of hydrogen-bond donors (Lipinski definition) is 5. The Labute approximate surface area is 281 Å². The van der Waals surface area contributed by atoms with Gasteiger partial charge in [0.25, 0.3) is 5.91 Å². The molecule has 7 N–H and O–H groups in total. The van der Waals surface area contributed by atoms with Gasteiger partial charge in [-0.2, -0.15) is 0 Å². The smallest absolute Gasteiger partial charge is 0.421 e. The third kappa shape index (κ3) is 11.4. The number of ketones is 2. The van der Waals surface area contributed by atoms with Gasteiger partial charge in [0.15, 0.2) is 6.10 Å². The summed E-state index contributed by atoms with van der Waals surface area (Å²) < 4.78 is 22.5. The van der Waals surface area contributed by atoms with Gasteiger partial charge in [0.05, 0.1) is 17.5 Å². The summed E-state index contributed by atoms with van der Waals surface area (Å²) >= 11 is 0. The Morgan fingerprint density at radius 3 is 2.35 bits per heavy atom. The minimum atomic E-state index is -1.04. The lowest BCUT2D eigenvalue weighted by molar-refractivity contribution is -0.120. The van der Waals surface area contributed by atoms with Crippen LogP contribution in [0.3, 0.4) is 0 Å². The van der Waals surface area contributed by atoms with E-state index < -0.39 is 60.0 Å². The summed E-state index contributed by atoms with van der Waals surface area (Å²) in [5.41, 5.74) is 8.35. The molecule has 2 bridgehead atoms. The van der Waals surface area contributed by atoms with Gasteiger partial charge in [-0.05, 0) is 52.3 Å². The Hall–Kier alpha value is -4.31. The second-order valence-corrected chi connectivity index (χ2v) is 12.2. The predicted molar refractivity (Wildman–Crippen MR) is 178 cm³/mol. The van der Waals surface area contributed by atoms with Crippen molar-refractivity contribution in [3.05, 3.63) is 58.5 Å². The number of hydrogen-bond acceptors (Lipinski definition) is 12. The standard InChI is InChI=1S/C33H50N6O9/c1-18-14-22-27(36-12-13-39(5)6)24(40)17-23(28(22)41)37-31(42)19(2)10-9-11-25(45-7)29(47-32(34)43)20(3)16-21(4)30(26(15-18)46-8)48-33(44)38-35/h9-11,16-18,21,25-26,29-30,36H,12-15,35H2,1-8H3,(H2,34,43)(H,37,42)(H,38,44)/b11-9-,19-10+,20-16+/t18-,21+,25+,26+,29+,30-/m1/s1. The van der Waals surface area contributed by atoms with Crippen LogP contribution in [0.25, 0.3) is 0 Å². The van der Waals surface area contributed by atoms with Gasteiger partial charge >= 0.3 is 12.2 Å². The average molecular weight is 675 g/mol. The number of hydrazine groups is 1. The van der Waals surface area contributed by atoms with E-state index in [1.165, 1.54) is 26.4 Å². The van der Waals surface area contributed by atoms with Crippen molar-refractivity contribution in [3.63, 3.8) is 0 Å². The summed E-state index contributed by atoms with van der Waals surface area (Å²) in [7, 11) is 6.65. The van der Waals surface area contributed by atoms with Gasteiger partial charge in [-0.3, -0.25) is 19.8 Å². The fourth-order valence-corrected chi connectivity index (χ4v) is 5.51. The molecule has 0 aromatic heterocycles. The molecule has 2 rings (SSSR count). The number of carbonyl (C=O) groups is 5. The molecule has 1 aliphatic heterocycles. The average Bonchev–Trinajstić information content (AvgIpc) is 3.02. The fraction of sp³-hybridized carbons (Fsp3) is 0.545. The second-order valence-electron chi connectivity index (χ2n) is 12.2. The number of carbonyl (C=O) groups excluding carboxylic acids is 5. The number of Topliss-reactive ketones (excluding diaryl/α,β-unsaturated/α-hetero) is 1. The molecule has 0 saturated heterocycles. The summed E-state index contributed by atoms with van der Waals surface area (Å²) in [6.45, 7) is 7.91. The first kappa shape index (κ1) is 39.9. The molecule has 15 heteroatoms. The van der Waals surface area contributed by atoms with Crippen molar-refractivity contribution in [3.8, 4) is 0 Å². The Kier molecular flexibility index (Phi) is 15.7. The van der Waals surface area contributed by atoms with Gasteiger partial charge in [0.1, 0.15) is 12.2 Å². The molecular formula is C33H50N6O9. The van der Waals surface area contributed by atoms with E-state index >= 15 is 0 Å². The molecule has 0 spiro atoms. The zero-order valence-electron chi connectivity index (χ0n) is 29.0. The summed E-state index contributed by atoms with van der Waals surface area (Å²) in [6, 6.07) is 0. The lowest BCUT2D eigenvalue weighted by atomic mass is 9.85. The number of allylic oxidation sites excluding steroid dienone is 4. The van der Waals surface area contributed by atoms with Gasteiger partial charge in [-0.25, -0.2) is 15.4 Å². The zero-order chi connectivity index (χ0) is 36.1. The number of methoxy groups -OCH3 is 2. The van der Waals surface area contributed by atoms with E-state index in [1.54, 1.807) is 32.9 Å². The van der Waals surface area contributed by atoms with Gasteiger partial charge in [0, 0.05) is 50.4 Å². The van der Waals surface area contributed by atoms with E-state index in [4.69, 9.17) is 30.5 Å². The molecule has 3 amide bonds. The number of nitrogens with one attached hydrogen (secondary N) is 3. The van der Waals surface area contributed by atoms with Crippen LogP contribution >= 0.6 is 0 Å². The quantitative estimate of drug-likeness (QED) is 0.0815. The minimum Gasteiger partial charge on any atom is -0.442 e. The van der Waals surface area contributed by atoms with Crippen LogP contribution in [0.5, 0.6) is 0 Å². The van der Waals surface area contributed by atoms with E-state index in [1.807, 2.05) is 31.3 Å². The van der Waals surface area contributed by atoms with Gasteiger partial charge in [0.2, 0.25) is 11.6 Å². The van der Waals surface area contributed by atoms with Crippen LogP contribution in [0.2, 0.25) is 0 Å². The zero-order valence-corrected chi connectivity index (χ0v) is 29.0. The van der Waals surface area contributed by atoms with Crippen molar-refractivity contribution >= 4 is 29.7 Å². The van der Waals surface area contributed by atoms with E-state index in [0.717, 1.165) is 6.08 Å². The topological polar surface area (TPSA) is 214 Å². The molecule has 15 nitrogen and oxygen atoms in total. The Morgan fingerprint density at radius 2 is 1.77 bits per heavy atom. The van der Waals surface area contributed by atoms with Crippen LogP contribution in [-0.2, 0) is 33.3 Å². The van der Waals surface area contributed by atoms with Crippen LogP contribution in [-0.4, -0.2) is 100 Å². The molecule has 266 valence electrons. The molecule has 0 aromatic carbocycles. The summed E-state index contributed by atoms with van der Waals surface area (Å²) in [6.07, 6.45) is 2.49. The highest BCUT2D eigenvalue weighted by atomic mass is 16.6. The highest BCUT2D eigenvalue weighted by Crippen LogP contribution is 2.30. The summed E-state index contributed by atoms with van der Waals surface area (Å²) in [5.74, 6) is 3.00. The van der Waals surface area contributed by atoms with Crippen molar-refractivity contribution in [1.29, 1.82) is 0 Å². The molecule has 1 heterocycles. The van der Waals surface area contributed by atoms with Crippen LogP contribution in [0, 0.1) is 11.8 Å². The van der Waals surface area contributed by atoms with Crippen LogP contribution in [0.1, 0.15) is 40.5 Å². The number of likely N-dealkylation sites (N-methyl/N-ethyl adjacent to an activating group) is 1. The van der Waals surface area contributed by atoms with Crippen LogP contribution in [0.4, 0.5) is 9.59 Å². The Balaban J connectivity index is 2.72. The van der Waals surface area contributed by atoms with E-state index in [9.17, 15) is 24.0 Å². The van der Waals surface area contributed by atoms with Crippen molar-refractivity contribution in [2.45, 2.75) is 65.0 Å². The van der Waals surface area contributed by atoms with Crippen molar-refractivity contribution < 1.29 is 42.9 Å². The third-order valence-electron chi connectivity index (χ3n) is 7.98. The van der Waals surface area contributed by atoms with Crippen molar-refractivity contribution in [2.75, 3.05) is 41.4 Å².